The smallest absolute Gasteiger partial charge is 0.465 e. The molecule has 1 aromatic heterocycles. The highest BCUT2D eigenvalue weighted by atomic mass is 16.7. The Labute approximate surface area is 222 Å². The number of hydrogen-bond acceptors (Lipinski definition) is 9. The van der Waals surface area contributed by atoms with E-state index in [1.165, 1.54) is 24.3 Å². The maximum atomic E-state index is 12.6. The molecule has 13 nitrogen and oxygen atoms in total. The highest BCUT2D eigenvalue weighted by Crippen LogP contribution is 2.34. The molecule has 1 amide bonds. The Morgan fingerprint density at radius 2 is 1.85 bits per heavy atom. The number of ether oxygens (including phenoxy) is 3. The van der Waals surface area contributed by atoms with Gasteiger partial charge in [0.25, 0.3) is 11.6 Å². The zero-order valence-electron chi connectivity index (χ0n) is 21.6. The predicted molar refractivity (Wildman–Crippen MR) is 139 cm³/mol. The second kappa shape index (κ2) is 11.9. The molecule has 1 aliphatic heterocycles. The SMILES string of the molecule is COC1CCC(Oc2ccc3cc(NC(=O)c4cccc([N+](=O)[O-])c4)c(=O)oc3c2C)OC1(C)C.O=C(O)O. The van der Waals surface area contributed by atoms with Gasteiger partial charge in [0.15, 0.2) is 0 Å². The fraction of sp³-hybridized carbons (Fsp3) is 0.346. The third kappa shape index (κ3) is 7.09. The Morgan fingerprint density at radius 1 is 1.15 bits per heavy atom. The Bertz CT molecular complexity index is 1440. The van der Waals surface area contributed by atoms with Gasteiger partial charge in [-0.05, 0) is 51.5 Å². The minimum atomic E-state index is -1.83. The number of methoxy groups -OCH3 is 1. The number of benzene rings is 2. The topological polar surface area (TPSA) is 188 Å². The molecule has 13 heteroatoms. The summed E-state index contributed by atoms with van der Waals surface area (Å²) in [6.45, 7) is 5.67. The maximum absolute atomic E-state index is 12.6. The number of non-ortho nitro benzene ring substituents is 1. The summed E-state index contributed by atoms with van der Waals surface area (Å²) in [4.78, 5) is 44.1. The molecule has 0 spiro atoms. The third-order valence-corrected chi connectivity index (χ3v) is 6.09. The van der Waals surface area contributed by atoms with E-state index in [1.807, 2.05) is 13.8 Å². The van der Waals surface area contributed by atoms with Crippen LogP contribution in [0, 0.1) is 17.0 Å². The molecule has 2 heterocycles. The molecule has 3 N–H and O–H groups in total. The molecule has 2 unspecified atom stereocenters. The number of amides is 1. The van der Waals surface area contributed by atoms with Crippen LogP contribution < -0.4 is 15.7 Å². The van der Waals surface area contributed by atoms with Crippen LogP contribution in [-0.4, -0.2) is 52.3 Å². The van der Waals surface area contributed by atoms with Crippen molar-refractivity contribution in [3.05, 3.63) is 74.1 Å². The third-order valence-electron chi connectivity index (χ3n) is 6.09. The molecule has 1 fully saturated rings. The van der Waals surface area contributed by atoms with Gasteiger partial charge in [-0.25, -0.2) is 9.59 Å². The molecule has 1 saturated heterocycles. The van der Waals surface area contributed by atoms with Crippen molar-refractivity contribution in [1.29, 1.82) is 0 Å². The Morgan fingerprint density at radius 3 is 2.46 bits per heavy atom. The number of nitro benzene ring substituents is 1. The lowest BCUT2D eigenvalue weighted by molar-refractivity contribution is -0.384. The van der Waals surface area contributed by atoms with Crippen molar-refractivity contribution in [2.24, 2.45) is 0 Å². The van der Waals surface area contributed by atoms with Crippen molar-refractivity contribution in [1.82, 2.24) is 0 Å². The van der Waals surface area contributed by atoms with Gasteiger partial charge in [0.2, 0.25) is 6.29 Å². The van der Waals surface area contributed by atoms with Crippen molar-refractivity contribution in [3.8, 4) is 5.75 Å². The molecule has 0 saturated carbocycles. The molecule has 0 aliphatic carbocycles. The molecule has 208 valence electrons. The van der Waals surface area contributed by atoms with Crippen LogP contribution in [0.2, 0.25) is 0 Å². The van der Waals surface area contributed by atoms with Gasteiger partial charge in [-0.3, -0.25) is 14.9 Å². The van der Waals surface area contributed by atoms with Crippen LogP contribution in [0.15, 0.2) is 51.7 Å². The van der Waals surface area contributed by atoms with E-state index in [2.05, 4.69) is 5.32 Å². The summed E-state index contributed by atoms with van der Waals surface area (Å²) in [5.74, 6) is -0.144. The van der Waals surface area contributed by atoms with E-state index < -0.39 is 34.5 Å². The average molecular weight is 545 g/mol. The lowest BCUT2D eigenvalue weighted by Crippen LogP contribution is -2.49. The first-order valence-electron chi connectivity index (χ1n) is 11.7. The van der Waals surface area contributed by atoms with Crippen LogP contribution >= 0.6 is 0 Å². The van der Waals surface area contributed by atoms with E-state index in [1.54, 1.807) is 26.2 Å². The molecular formula is C26H28N2O11. The van der Waals surface area contributed by atoms with Gasteiger partial charge in [0, 0.05) is 42.2 Å². The van der Waals surface area contributed by atoms with Crippen LogP contribution in [-0.2, 0) is 9.47 Å². The summed E-state index contributed by atoms with van der Waals surface area (Å²) in [5.41, 5.74) is -0.586. The number of carbonyl (C=O) groups is 2. The van der Waals surface area contributed by atoms with Gasteiger partial charge in [0.1, 0.15) is 17.0 Å². The molecule has 1 aliphatic rings. The van der Waals surface area contributed by atoms with Gasteiger partial charge < -0.3 is 34.2 Å². The number of rotatable bonds is 6. The second-order valence-corrected chi connectivity index (χ2v) is 9.17. The number of carbonyl (C=O) groups excluding carboxylic acids is 1. The molecule has 3 aromatic rings. The zero-order chi connectivity index (χ0) is 28.9. The minimum absolute atomic E-state index is 0.0336. The second-order valence-electron chi connectivity index (χ2n) is 9.17. The summed E-state index contributed by atoms with van der Waals surface area (Å²) < 4.78 is 23.2. The number of nitro groups is 1. The van der Waals surface area contributed by atoms with Crippen LogP contribution in [0.1, 0.15) is 42.6 Å². The van der Waals surface area contributed by atoms with E-state index in [9.17, 15) is 19.7 Å². The Hall–Kier alpha value is -4.49. The normalized spacial score (nSPS) is 17.9. The highest BCUT2D eigenvalue weighted by Gasteiger charge is 2.39. The van der Waals surface area contributed by atoms with Gasteiger partial charge in [-0.15, -0.1) is 0 Å². The molecule has 0 radical (unpaired) electrons. The Balaban J connectivity index is 0.000000983. The lowest BCUT2D eigenvalue weighted by atomic mass is 9.94. The van der Waals surface area contributed by atoms with Gasteiger partial charge in [0.05, 0.1) is 16.6 Å². The number of carboxylic acid groups (broad SMARTS) is 2. The molecule has 39 heavy (non-hydrogen) atoms. The van der Waals surface area contributed by atoms with Gasteiger partial charge in [-0.1, -0.05) is 6.07 Å². The van der Waals surface area contributed by atoms with Crippen LogP contribution in [0.25, 0.3) is 11.0 Å². The number of anilines is 1. The first-order chi connectivity index (χ1) is 18.3. The van der Waals surface area contributed by atoms with Crippen LogP contribution in [0.3, 0.4) is 0 Å². The average Bonchev–Trinajstić information content (AvgIpc) is 2.86. The minimum Gasteiger partial charge on any atom is -0.465 e. The van der Waals surface area contributed by atoms with E-state index in [-0.39, 0.29) is 23.0 Å². The van der Waals surface area contributed by atoms with Crippen molar-refractivity contribution in [2.75, 3.05) is 12.4 Å². The largest absolute Gasteiger partial charge is 0.503 e. The van der Waals surface area contributed by atoms with Crippen molar-refractivity contribution in [2.45, 2.75) is 51.6 Å². The summed E-state index contributed by atoms with van der Waals surface area (Å²) in [6, 6.07) is 10.2. The molecule has 2 atom stereocenters. The lowest BCUT2D eigenvalue weighted by Gasteiger charge is -2.41. The Kier molecular flexibility index (Phi) is 8.89. The maximum Gasteiger partial charge on any atom is 0.503 e. The van der Waals surface area contributed by atoms with Crippen LogP contribution in [0.4, 0.5) is 16.2 Å². The molecular weight excluding hydrogens is 516 g/mol. The number of fused-ring (bicyclic) bond motifs is 1. The number of aryl methyl sites for hydroxylation is 1. The zero-order valence-corrected chi connectivity index (χ0v) is 21.6. The quantitative estimate of drug-likeness (QED) is 0.220. The summed E-state index contributed by atoms with van der Waals surface area (Å²) in [6.07, 6.45) is -0.920. The van der Waals surface area contributed by atoms with Crippen molar-refractivity contribution >= 4 is 34.4 Å². The number of hydrogen-bond donors (Lipinski definition) is 3. The van der Waals surface area contributed by atoms with E-state index in [0.29, 0.717) is 28.7 Å². The van der Waals surface area contributed by atoms with Crippen molar-refractivity contribution in [3.63, 3.8) is 0 Å². The predicted octanol–water partition coefficient (Wildman–Crippen LogP) is 4.79. The van der Waals surface area contributed by atoms with Crippen molar-refractivity contribution < 1.29 is 43.4 Å². The highest BCUT2D eigenvalue weighted by molar-refractivity contribution is 6.05. The van der Waals surface area contributed by atoms with Crippen LogP contribution in [0.5, 0.6) is 5.75 Å². The molecule has 2 aromatic carbocycles. The molecule has 4 rings (SSSR count). The van der Waals surface area contributed by atoms with Gasteiger partial charge in [-0.2, -0.15) is 0 Å². The van der Waals surface area contributed by atoms with E-state index in [4.69, 9.17) is 33.6 Å². The summed E-state index contributed by atoms with van der Waals surface area (Å²) >= 11 is 0. The van der Waals surface area contributed by atoms with E-state index >= 15 is 0 Å². The standard InChI is InChI=1S/C25H26N2O8.CH2O3/c1-14-19(33-21-11-10-20(32-4)25(2,3)35-21)9-8-15-13-18(24(29)34-22(14)15)26-23(28)16-6-5-7-17(12-16)27(30)31;2-1(3)4/h5-9,12-13,20-21H,10-11H2,1-4H3,(H,26,28);(H2,2,3,4). The monoisotopic (exact) mass is 544 g/mol. The first-order valence-corrected chi connectivity index (χ1v) is 11.7. The fourth-order valence-electron chi connectivity index (χ4n) is 4.21. The van der Waals surface area contributed by atoms with E-state index in [0.717, 1.165) is 12.5 Å². The summed E-state index contributed by atoms with van der Waals surface area (Å²) in [7, 11) is 1.66. The first kappa shape index (κ1) is 29.1. The molecule has 0 bridgehead atoms. The number of nitrogens with zero attached hydrogens (tertiary/aromatic N) is 1. The fourth-order valence-corrected chi connectivity index (χ4v) is 4.21. The van der Waals surface area contributed by atoms with Gasteiger partial charge >= 0.3 is 11.8 Å². The summed E-state index contributed by atoms with van der Waals surface area (Å²) in [5, 5.41) is 28.0. The number of nitrogens with one attached hydrogen (secondary N) is 1.